The van der Waals surface area contributed by atoms with Crippen LogP contribution in [0.25, 0.3) is 0 Å². The lowest BCUT2D eigenvalue weighted by Gasteiger charge is -2.33. The van der Waals surface area contributed by atoms with Crippen molar-refractivity contribution in [3.05, 3.63) is 47.2 Å². The number of rotatable bonds is 4. The van der Waals surface area contributed by atoms with Gasteiger partial charge in [0.15, 0.2) is 6.19 Å². The maximum atomic E-state index is 12.1. The third-order valence-electron chi connectivity index (χ3n) is 4.08. The first-order chi connectivity index (χ1) is 11.2. The third kappa shape index (κ3) is 3.22. The number of hydrogen-bond donors (Lipinski definition) is 2. The van der Waals surface area contributed by atoms with E-state index in [0.29, 0.717) is 24.9 Å². The van der Waals surface area contributed by atoms with Gasteiger partial charge in [-0.1, -0.05) is 12.1 Å². The Labute approximate surface area is 134 Å². The molecule has 6 heteroatoms. The van der Waals surface area contributed by atoms with E-state index in [1.165, 1.54) is 0 Å². The van der Waals surface area contributed by atoms with Crippen molar-refractivity contribution in [2.75, 3.05) is 6.54 Å². The summed E-state index contributed by atoms with van der Waals surface area (Å²) in [5, 5.41) is 23.0. The average molecular weight is 305 g/mol. The quantitative estimate of drug-likeness (QED) is 0.645. The summed E-state index contributed by atoms with van der Waals surface area (Å²) in [6.45, 7) is 0.435. The van der Waals surface area contributed by atoms with Crippen LogP contribution in [0.5, 0.6) is 0 Å². The first kappa shape index (κ1) is 14.8. The fourth-order valence-electron chi connectivity index (χ4n) is 2.73. The minimum atomic E-state index is -0.0484. The summed E-state index contributed by atoms with van der Waals surface area (Å²) in [5.41, 5.74) is 3.00. The molecule has 0 saturated heterocycles. The summed E-state index contributed by atoms with van der Waals surface area (Å²) in [6.07, 6.45) is 5.12. The van der Waals surface area contributed by atoms with E-state index in [4.69, 9.17) is 10.5 Å². The highest BCUT2D eigenvalue weighted by Crippen LogP contribution is 2.27. The second-order valence-corrected chi connectivity index (χ2v) is 5.67. The Morgan fingerprint density at radius 2 is 2.13 bits per heavy atom. The summed E-state index contributed by atoms with van der Waals surface area (Å²) in [7, 11) is 0. The third-order valence-corrected chi connectivity index (χ3v) is 4.08. The van der Waals surface area contributed by atoms with Gasteiger partial charge in [0.2, 0.25) is 5.91 Å². The summed E-state index contributed by atoms with van der Waals surface area (Å²) in [4.78, 5) is 16.5. The van der Waals surface area contributed by atoms with Crippen molar-refractivity contribution < 1.29 is 4.79 Å². The van der Waals surface area contributed by atoms with E-state index < -0.39 is 0 Å². The molecule has 23 heavy (non-hydrogen) atoms. The van der Waals surface area contributed by atoms with Crippen molar-refractivity contribution in [2.45, 2.75) is 18.9 Å². The lowest BCUT2D eigenvalue weighted by atomic mass is 9.79. The second-order valence-electron chi connectivity index (χ2n) is 5.67. The van der Waals surface area contributed by atoms with Gasteiger partial charge in [-0.3, -0.25) is 9.79 Å². The van der Waals surface area contributed by atoms with Gasteiger partial charge < -0.3 is 10.6 Å². The number of nitriles is 2. The molecular formula is C17H15N5O. The summed E-state index contributed by atoms with van der Waals surface area (Å²) in [6, 6.07) is 9.46. The fraction of sp³-hybridized carbons (Fsp3) is 0.294. The monoisotopic (exact) mass is 305 g/mol. The molecule has 0 aromatic heterocycles. The SMILES string of the molecule is N#CNC1CC(C(=O)NC2=CC(c3cccc(C#N)c3)=NC2)C1. The molecule has 3 rings (SSSR count). The van der Waals surface area contributed by atoms with Crippen LogP contribution in [0.2, 0.25) is 0 Å². The number of benzene rings is 1. The Bertz CT molecular complexity index is 775. The minimum Gasteiger partial charge on any atom is -0.328 e. The Kier molecular flexibility index (Phi) is 4.07. The second kappa shape index (κ2) is 6.33. The van der Waals surface area contributed by atoms with Crippen molar-refractivity contribution in [1.82, 2.24) is 10.6 Å². The van der Waals surface area contributed by atoms with Gasteiger partial charge in [0, 0.05) is 23.2 Å². The van der Waals surface area contributed by atoms with E-state index in [2.05, 4.69) is 21.7 Å². The van der Waals surface area contributed by atoms with Crippen LogP contribution in [0.4, 0.5) is 0 Å². The van der Waals surface area contributed by atoms with E-state index in [-0.39, 0.29) is 17.9 Å². The van der Waals surface area contributed by atoms with Crippen molar-refractivity contribution in [3.63, 3.8) is 0 Å². The van der Waals surface area contributed by atoms with Crippen molar-refractivity contribution >= 4 is 11.6 Å². The molecule has 114 valence electrons. The maximum Gasteiger partial charge on any atom is 0.227 e. The number of aliphatic imine (C=N–C) groups is 1. The maximum absolute atomic E-state index is 12.1. The van der Waals surface area contributed by atoms with Crippen LogP contribution in [0.15, 0.2) is 41.0 Å². The molecule has 0 radical (unpaired) electrons. The van der Waals surface area contributed by atoms with Crippen LogP contribution in [-0.4, -0.2) is 24.2 Å². The van der Waals surface area contributed by atoms with Crippen LogP contribution >= 0.6 is 0 Å². The van der Waals surface area contributed by atoms with Crippen LogP contribution in [0.3, 0.4) is 0 Å². The summed E-state index contributed by atoms with van der Waals surface area (Å²) in [5.74, 6) is -0.0674. The molecule has 0 atom stereocenters. The number of nitrogens with zero attached hydrogens (tertiary/aromatic N) is 3. The van der Waals surface area contributed by atoms with Gasteiger partial charge in [0.1, 0.15) is 0 Å². The van der Waals surface area contributed by atoms with E-state index in [9.17, 15) is 4.79 Å². The molecule has 1 aliphatic carbocycles. The molecule has 1 aromatic rings. The van der Waals surface area contributed by atoms with Crippen LogP contribution in [0.1, 0.15) is 24.0 Å². The summed E-state index contributed by atoms with van der Waals surface area (Å²) < 4.78 is 0. The lowest BCUT2D eigenvalue weighted by Crippen LogP contribution is -2.46. The largest absolute Gasteiger partial charge is 0.328 e. The van der Waals surface area contributed by atoms with Crippen LogP contribution in [-0.2, 0) is 4.79 Å². The molecule has 6 nitrogen and oxygen atoms in total. The average Bonchev–Trinajstić information content (AvgIpc) is 2.99. The molecule has 1 saturated carbocycles. The smallest absolute Gasteiger partial charge is 0.227 e. The highest BCUT2D eigenvalue weighted by Gasteiger charge is 2.34. The zero-order valence-corrected chi connectivity index (χ0v) is 12.4. The van der Waals surface area contributed by atoms with Gasteiger partial charge in [0.05, 0.1) is 23.9 Å². The van der Waals surface area contributed by atoms with Gasteiger partial charge in [-0.25, -0.2) is 0 Å². The molecule has 2 N–H and O–H groups in total. The lowest BCUT2D eigenvalue weighted by molar-refractivity contribution is -0.127. The van der Waals surface area contributed by atoms with E-state index in [0.717, 1.165) is 17.0 Å². The van der Waals surface area contributed by atoms with Gasteiger partial charge in [-0.15, -0.1) is 0 Å². The fourth-order valence-corrected chi connectivity index (χ4v) is 2.73. The minimum absolute atomic E-state index is 0.0190. The number of nitrogens with one attached hydrogen (secondary N) is 2. The number of amides is 1. The number of carbonyl (C=O) groups excluding carboxylic acids is 1. The number of allylic oxidation sites excluding steroid dienone is 1. The Morgan fingerprint density at radius 1 is 1.30 bits per heavy atom. The molecule has 1 amide bonds. The van der Waals surface area contributed by atoms with Crippen LogP contribution in [0, 0.1) is 28.7 Å². The van der Waals surface area contributed by atoms with E-state index in [1.54, 1.807) is 12.1 Å². The molecular weight excluding hydrogens is 290 g/mol. The van der Waals surface area contributed by atoms with Gasteiger partial charge in [-0.2, -0.15) is 10.5 Å². The highest BCUT2D eigenvalue weighted by atomic mass is 16.1. The van der Waals surface area contributed by atoms with Crippen molar-refractivity contribution in [3.8, 4) is 12.3 Å². The predicted octanol–water partition coefficient (Wildman–Crippen LogP) is 1.21. The molecule has 1 aromatic carbocycles. The Balaban J connectivity index is 1.58. The Morgan fingerprint density at radius 3 is 2.87 bits per heavy atom. The normalized spacial score (nSPS) is 22.0. The molecule has 2 aliphatic rings. The zero-order valence-electron chi connectivity index (χ0n) is 12.4. The van der Waals surface area contributed by atoms with Crippen molar-refractivity contribution in [2.24, 2.45) is 10.9 Å². The van der Waals surface area contributed by atoms with Crippen molar-refractivity contribution in [1.29, 1.82) is 10.5 Å². The van der Waals surface area contributed by atoms with Gasteiger partial charge >= 0.3 is 0 Å². The van der Waals surface area contributed by atoms with Crippen LogP contribution < -0.4 is 10.6 Å². The number of hydrogen-bond acceptors (Lipinski definition) is 5. The molecule has 1 fully saturated rings. The van der Waals surface area contributed by atoms with Gasteiger partial charge in [-0.05, 0) is 31.1 Å². The topological polar surface area (TPSA) is 101 Å². The molecule has 0 spiro atoms. The zero-order chi connectivity index (χ0) is 16.2. The number of carbonyl (C=O) groups is 1. The first-order valence-corrected chi connectivity index (χ1v) is 7.40. The molecule has 0 unspecified atom stereocenters. The Hall–Kier alpha value is -3.12. The predicted molar refractivity (Wildman–Crippen MR) is 84.0 cm³/mol. The standard InChI is InChI=1S/C17H15N5O/c18-8-11-2-1-3-12(4-11)16-7-15(9-20-16)22-17(23)13-5-14(6-13)21-10-19/h1-4,7,13-14,21H,5-6,9H2,(H,22,23). The van der Waals surface area contributed by atoms with Gasteiger partial charge in [0.25, 0.3) is 0 Å². The summed E-state index contributed by atoms with van der Waals surface area (Å²) >= 11 is 0. The molecule has 1 heterocycles. The molecule has 0 bridgehead atoms. The molecule has 1 aliphatic heterocycles. The van der Waals surface area contributed by atoms with E-state index >= 15 is 0 Å². The first-order valence-electron chi connectivity index (χ1n) is 7.40. The highest BCUT2D eigenvalue weighted by molar-refractivity contribution is 6.10. The van der Waals surface area contributed by atoms with E-state index in [1.807, 2.05) is 24.4 Å².